The van der Waals surface area contributed by atoms with Crippen LogP contribution in [-0.4, -0.2) is 4.92 Å². The molecule has 3 nitrogen and oxygen atoms in total. The van der Waals surface area contributed by atoms with Gasteiger partial charge < -0.3 is 0 Å². The van der Waals surface area contributed by atoms with Crippen molar-refractivity contribution in [2.75, 3.05) is 0 Å². The molecule has 0 aromatic heterocycles. The highest BCUT2D eigenvalue weighted by molar-refractivity contribution is 6.33. The van der Waals surface area contributed by atoms with Crippen LogP contribution in [0.25, 0.3) is 11.1 Å². The van der Waals surface area contributed by atoms with Gasteiger partial charge in [-0.25, -0.2) is 0 Å². The molecule has 0 heterocycles. The van der Waals surface area contributed by atoms with E-state index in [-0.39, 0.29) is 16.1 Å². The van der Waals surface area contributed by atoms with E-state index in [0.29, 0.717) is 0 Å². The Bertz CT molecular complexity index is 671. The molecule has 7 heteroatoms. The van der Waals surface area contributed by atoms with Crippen LogP contribution in [0.15, 0.2) is 42.5 Å². The first-order valence-corrected chi connectivity index (χ1v) is 5.79. The van der Waals surface area contributed by atoms with Gasteiger partial charge in [-0.05, 0) is 18.2 Å². The molecule has 0 saturated heterocycles. The highest BCUT2D eigenvalue weighted by Crippen LogP contribution is 2.42. The Kier molecular flexibility index (Phi) is 3.67. The summed E-state index contributed by atoms with van der Waals surface area (Å²) in [7, 11) is 0. The average molecular weight is 302 g/mol. The number of nitro benzene ring substituents is 1. The maximum atomic E-state index is 13.0. The quantitative estimate of drug-likeness (QED) is 0.583. The van der Waals surface area contributed by atoms with Crippen LogP contribution in [0.3, 0.4) is 0 Å². The molecule has 2 aromatic carbocycles. The fourth-order valence-corrected chi connectivity index (χ4v) is 2.13. The van der Waals surface area contributed by atoms with Crippen molar-refractivity contribution in [1.82, 2.24) is 0 Å². The summed E-state index contributed by atoms with van der Waals surface area (Å²) in [6.45, 7) is 0. The van der Waals surface area contributed by atoms with Crippen molar-refractivity contribution in [1.29, 1.82) is 0 Å². The second kappa shape index (κ2) is 5.13. The fourth-order valence-electron chi connectivity index (χ4n) is 1.88. The van der Waals surface area contributed by atoms with Crippen molar-refractivity contribution in [2.45, 2.75) is 6.18 Å². The number of nitrogens with zero attached hydrogens (tertiary/aromatic N) is 1. The zero-order valence-electron chi connectivity index (χ0n) is 9.82. The summed E-state index contributed by atoms with van der Waals surface area (Å²) in [6, 6.07) is 8.55. The van der Waals surface area contributed by atoms with Crippen LogP contribution in [0.5, 0.6) is 0 Å². The summed E-state index contributed by atoms with van der Waals surface area (Å²) in [5.41, 5.74) is -1.90. The molecule has 0 bridgehead atoms. The molecular formula is C13H7ClF3NO2. The molecule has 2 aromatic rings. The van der Waals surface area contributed by atoms with Gasteiger partial charge in [-0.2, -0.15) is 13.2 Å². The number of nitro groups is 1. The van der Waals surface area contributed by atoms with E-state index in [2.05, 4.69) is 0 Å². The van der Waals surface area contributed by atoms with Crippen molar-refractivity contribution in [3.05, 3.63) is 63.2 Å². The van der Waals surface area contributed by atoms with Crippen LogP contribution in [0.2, 0.25) is 5.02 Å². The van der Waals surface area contributed by atoms with Gasteiger partial charge in [-0.3, -0.25) is 10.1 Å². The topological polar surface area (TPSA) is 43.1 Å². The van der Waals surface area contributed by atoms with Crippen molar-refractivity contribution in [2.24, 2.45) is 0 Å². The number of benzene rings is 2. The zero-order chi connectivity index (χ0) is 14.9. The lowest BCUT2D eigenvalue weighted by Gasteiger charge is -2.13. The van der Waals surface area contributed by atoms with E-state index >= 15 is 0 Å². The monoisotopic (exact) mass is 301 g/mol. The second-order valence-electron chi connectivity index (χ2n) is 3.94. The lowest BCUT2D eigenvalue weighted by molar-refractivity contribution is -0.384. The first-order chi connectivity index (χ1) is 9.32. The van der Waals surface area contributed by atoms with Gasteiger partial charge in [-0.15, -0.1) is 0 Å². The Morgan fingerprint density at radius 1 is 1.00 bits per heavy atom. The highest BCUT2D eigenvalue weighted by atomic mass is 35.5. The summed E-state index contributed by atoms with van der Waals surface area (Å²) in [5, 5.41) is 10.8. The Balaban J connectivity index is 2.77. The van der Waals surface area contributed by atoms with Gasteiger partial charge in [0.25, 0.3) is 5.69 Å². The lowest BCUT2D eigenvalue weighted by atomic mass is 9.98. The predicted molar refractivity (Wildman–Crippen MR) is 68.5 cm³/mol. The van der Waals surface area contributed by atoms with Gasteiger partial charge in [0.2, 0.25) is 0 Å². The van der Waals surface area contributed by atoms with Crippen molar-refractivity contribution < 1.29 is 18.1 Å². The maximum Gasteiger partial charge on any atom is 0.417 e. The molecule has 0 radical (unpaired) electrons. The maximum absolute atomic E-state index is 13.0. The first kappa shape index (κ1) is 14.3. The third-order valence-electron chi connectivity index (χ3n) is 2.69. The molecule has 0 fully saturated rings. The van der Waals surface area contributed by atoms with Crippen LogP contribution < -0.4 is 0 Å². The Morgan fingerprint density at radius 3 is 2.20 bits per heavy atom. The van der Waals surface area contributed by atoms with E-state index in [1.54, 1.807) is 0 Å². The third-order valence-corrected chi connectivity index (χ3v) is 3.00. The molecule has 2 rings (SSSR count). The molecule has 0 spiro atoms. The van der Waals surface area contributed by atoms with E-state index in [1.165, 1.54) is 36.4 Å². The molecule has 0 unspecified atom stereocenters. The van der Waals surface area contributed by atoms with E-state index in [1.807, 2.05) is 0 Å². The van der Waals surface area contributed by atoms with Gasteiger partial charge in [-0.1, -0.05) is 35.9 Å². The molecule has 20 heavy (non-hydrogen) atoms. The van der Waals surface area contributed by atoms with Gasteiger partial charge in [0.05, 0.1) is 16.1 Å². The number of halogens is 4. The summed E-state index contributed by atoms with van der Waals surface area (Å²) >= 11 is 5.72. The summed E-state index contributed by atoms with van der Waals surface area (Å²) in [4.78, 5) is 10.2. The largest absolute Gasteiger partial charge is 0.417 e. The van der Waals surface area contributed by atoms with Crippen molar-refractivity contribution in [3.8, 4) is 11.1 Å². The molecule has 0 aliphatic carbocycles. The Morgan fingerprint density at radius 2 is 1.60 bits per heavy atom. The molecular weight excluding hydrogens is 295 g/mol. The van der Waals surface area contributed by atoms with Gasteiger partial charge in [0.1, 0.15) is 5.02 Å². The third kappa shape index (κ3) is 2.60. The van der Waals surface area contributed by atoms with Gasteiger partial charge in [0.15, 0.2) is 0 Å². The van der Waals surface area contributed by atoms with E-state index in [9.17, 15) is 23.3 Å². The highest BCUT2D eigenvalue weighted by Gasteiger charge is 2.35. The van der Waals surface area contributed by atoms with E-state index < -0.39 is 22.4 Å². The zero-order valence-corrected chi connectivity index (χ0v) is 10.6. The Hall–Kier alpha value is -2.08. The molecule has 0 N–H and O–H groups in total. The number of alkyl halides is 3. The molecule has 0 atom stereocenters. The smallest absolute Gasteiger partial charge is 0.258 e. The standard InChI is InChI=1S/C13H7ClF3NO2/c14-11-7-3-5-9(12(11)18(19)20)8-4-1-2-6-10(8)13(15,16)17/h1-7H. The normalized spacial score (nSPS) is 11.4. The van der Waals surface area contributed by atoms with Gasteiger partial charge in [0, 0.05) is 5.56 Å². The van der Waals surface area contributed by atoms with Crippen molar-refractivity contribution >= 4 is 17.3 Å². The second-order valence-corrected chi connectivity index (χ2v) is 4.34. The number of hydrogen-bond acceptors (Lipinski definition) is 2. The first-order valence-electron chi connectivity index (χ1n) is 5.42. The van der Waals surface area contributed by atoms with Crippen LogP contribution in [-0.2, 0) is 6.18 Å². The number of rotatable bonds is 2. The fraction of sp³-hybridized carbons (Fsp3) is 0.0769. The summed E-state index contributed by atoms with van der Waals surface area (Å²) in [5.74, 6) is 0. The van der Waals surface area contributed by atoms with Crippen LogP contribution in [0.1, 0.15) is 5.56 Å². The van der Waals surface area contributed by atoms with E-state index in [4.69, 9.17) is 11.6 Å². The summed E-state index contributed by atoms with van der Waals surface area (Å²) in [6.07, 6.45) is -4.60. The van der Waals surface area contributed by atoms with Gasteiger partial charge >= 0.3 is 6.18 Å². The SMILES string of the molecule is O=[N+]([O-])c1c(Cl)cccc1-c1ccccc1C(F)(F)F. The van der Waals surface area contributed by atoms with Crippen LogP contribution >= 0.6 is 11.6 Å². The van der Waals surface area contributed by atoms with Crippen LogP contribution in [0.4, 0.5) is 18.9 Å². The minimum atomic E-state index is -4.60. The number of para-hydroxylation sites is 1. The minimum Gasteiger partial charge on any atom is -0.258 e. The molecule has 0 aliphatic rings. The molecule has 0 aliphatic heterocycles. The minimum absolute atomic E-state index is 0.157. The molecule has 0 amide bonds. The summed E-state index contributed by atoms with van der Waals surface area (Å²) < 4.78 is 38.9. The van der Waals surface area contributed by atoms with E-state index in [0.717, 1.165) is 6.07 Å². The number of hydrogen-bond donors (Lipinski definition) is 0. The lowest BCUT2D eigenvalue weighted by Crippen LogP contribution is -2.07. The van der Waals surface area contributed by atoms with Crippen LogP contribution in [0, 0.1) is 10.1 Å². The molecule has 104 valence electrons. The molecule has 0 saturated carbocycles. The predicted octanol–water partition coefficient (Wildman–Crippen LogP) is 4.93. The average Bonchev–Trinajstić information content (AvgIpc) is 2.37. The Labute approximate surface area is 116 Å². The van der Waals surface area contributed by atoms with Crippen molar-refractivity contribution in [3.63, 3.8) is 0 Å².